The molecule has 7 heteroatoms. The molecule has 0 saturated carbocycles. The first-order valence-electron chi connectivity index (χ1n) is 9.37. The van der Waals surface area contributed by atoms with Gasteiger partial charge in [-0.2, -0.15) is 0 Å². The molecule has 0 unspecified atom stereocenters. The number of nitrogens with zero attached hydrogens (tertiary/aromatic N) is 2. The van der Waals surface area contributed by atoms with E-state index in [4.69, 9.17) is 12.2 Å². The minimum absolute atomic E-state index is 0.0818. The summed E-state index contributed by atoms with van der Waals surface area (Å²) in [6.07, 6.45) is 2.73. The van der Waals surface area contributed by atoms with Crippen molar-refractivity contribution in [2.24, 2.45) is 0 Å². The van der Waals surface area contributed by atoms with E-state index < -0.39 is 0 Å². The molecule has 1 aliphatic rings. The number of H-pyrrole nitrogens is 2. The average Bonchev–Trinajstić information content (AvgIpc) is 2.70. The molecule has 3 heterocycles. The van der Waals surface area contributed by atoms with E-state index in [1.54, 1.807) is 0 Å². The first kappa shape index (κ1) is 19.1. The molecule has 144 valence electrons. The van der Waals surface area contributed by atoms with Crippen LogP contribution < -0.4 is 5.56 Å². The lowest BCUT2D eigenvalue weighted by Gasteiger charge is -2.27. The van der Waals surface area contributed by atoms with Crippen LogP contribution in [-0.2, 0) is 19.5 Å². The number of thioether (sulfide) groups is 1. The summed E-state index contributed by atoms with van der Waals surface area (Å²) < 4.78 is 0.401. The second-order valence-corrected chi connectivity index (χ2v) is 8.58. The van der Waals surface area contributed by atoms with Crippen LogP contribution in [0.15, 0.2) is 52.3 Å². The number of aromatic amines is 2. The summed E-state index contributed by atoms with van der Waals surface area (Å²) in [5.41, 5.74) is 4.91. The summed E-state index contributed by atoms with van der Waals surface area (Å²) in [5, 5.41) is 0. The third-order valence-electron chi connectivity index (χ3n) is 4.88. The summed E-state index contributed by atoms with van der Waals surface area (Å²) in [7, 11) is 0. The minimum Gasteiger partial charge on any atom is -0.335 e. The third kappa shape index (κ3) is 4.27. The molecule has 0 fully saturated rings. The van der Waals surface area contributed by atoms with Crippen LogP contribution in [0.5, 0.6) is 0 Å². The Morgan fingerprint density at radius 1 is 1.18 bits per heavy atom. The maximum atomic E-state index is 12.2. The lowest BCUT2D eigenvalue weighted by Crippen LogP contribution is -2.35. The maximum absolute atomic E-state index is 12.2. The van der Waals surface area contributed by atoms with Gasteiger partial charge in [0.15, 0.2) is 4.77 Å². The van der Waals surface area contributed by atoms with Crippen molar-refractivity contribution in [3.63, 3.8) is 0 Å². The van der Waals surface area contributed by atoms with Gasteiger partial charge in [0.05, 0.1) is 11.3 Å². The van der Waals surface area contributed by atoms with E-state index in [0.717, 1.165) is 53.3 Å². The summed E-state index contributed by atoms with van der Waals surface area (Å²) in [6.45, 7) is 4.44. The molecule has 0 aliphatic carbocycles. The molecule has 1 aliphatic heterocycles. The lowest BCUT2D eigenvalue weighted by molar-refractivity contribution is 0.241. The van der Waals surface area contributed by atoms with Gasteiger partial charge in [-0.25, -0.2) is 0 Å². The predicted molar refractivity (Wildman–Crippen MR) is 116 cm³/mol. The van der Waals surface area contributed by atoms with Gasteiger partial charge in [-0.3, -0.25) is 19.7 Å². The van der Waals surface area contributed by atoms with Gasteiger partial charge in [0.2, 0.25) is 0 Å². The van der Waals surface area contributed by atoms with Gasteiger partial charge < -0.3 is 4.98 Å². The summed E-state index contributed by atoms with van der Waals surface area (Å²) in [5.74, 6) is 1.07. The first-order valence-corrected chi connectivity index (χ1v) is 10.8. The van der Waals surface area contributed by atoms with Crippen LogP contribution in [0.1, 0.15) is 23.7 Å². The van der Waals surface area contributed by atoms with Crippen molar-refractivity contribution >= 4 is 24.0 Å². The van der Waals surface area contributed by atoms with Crippen LogP contribution in [0.4, 0.5) is 0 Å². The van der Waals surface area contributed by atoms with E-state index in [1.807, 2.05) is 18.0 Å². The SMILES string of the molecule is CCSc1ccc(-c2ccc(CN3CCc4[nH]c(=S)[nH]c(=O)c4C3)cn2)cc1. The standard InChI is InChI=1S/C21H22N4OS2/c1-2-28-16-6-4-15(5-7-16)18-8-3-14(11-22-18)12-25-10-9-19-17(13-25)20(26)24-21(27)23-19/h3-8,11H,2,9-10,12-13H2,1H3,(H2,23,24,26,27). The van der Waals surface area contributed by atoms with Crippen molar-refractivity contribution in [1.29, 1.82) is 0 Å². The van der Waals surface area contributed by atoms with Crippen molar-refractivity contribution < 1.29 is 0 Å². The topological polar surface area (TPSA) is 64.8 Å². The predicted octanol–water partition coefficient (Wildman–Crippen LogP) is 4.16. The van der Waals surface area contributed by atoms with Crippen LogP contribution in [0, 0.1) is 4.77 Å². The third-order valence-corrected chi connectivity index (χ3v) is 5.98. The summed E-state index contributed by atoms with van der Waals surface area (Å²) in [6, 6.07) is 12.7. The number of hydrogen-bond acceptors (Lipinski definition) is 5. The Kier molecular flexibility index (Phi) is 5.75. The molecule has 28 heavy (non-hydrogen) atoms. The molecule has 2 N–H and O–H groups in total. The van der Waals surface area contributed by atoms with Crippen LogP contribution >= 0.6 is 24.0 Å². The van der Waals surface area contributed by atoms with Gasteiger partial charge in [0, 0.05) is 48.4 Å². The smallest absolute Gasteiger partial charge is 0.256 e. The zero-order valence-electron chi connectivity index (χ0n) is 15.7. The molecule has 0 radical (unpaired) electrons. The Balaban J connectivity index is 1.45. The average molecular weight is 411 g/mol. The Morgan fingerprint density at radius 3 is 2.71 bits per heavy atom. The first-order chi connectivity index (χ1) is 13.6. The molecule has 0 amide bonds. The van der Waals surface area contributed by atoms with E-state index >= 15 is 0 Å². The molecule has 0 atom stereocenters. The molecular weight excluding hydrogens is 388 g/mol. The quantitative estimate of drug-likeness (QED) is 0.488. The summed E-state index contributed by atoms with van der Waals surface area (Å²) >= 11 is 6.90. The van der Waals surface area contributed by atoms with Gasteiger partial charge in [0.1, 0.15) is 0 Å². The van der Waals surface area contributed by atoms with Gasteiger partial charge in [-0.05, 0) is 41.7 Å². The second kappa shape index (κ2) is 8.43. The van der Waals surface area contributed by atoms with Gasteiger partial charge in [0.25, 0.3) is 5.56 Å². The Morgan fingerprint density at radius 2 is 2.00 bits per heavy atom. The fourth-order valence-electron chi connectivity index (χ4n) is 3.48. The molecule has 0 bridgehead atoms. The molecule has 3 aromatic rings. The van der Waals surface area contributed by atoms with Crippen molar-refractivity contribution in [2.45, 2.75) is 31.3 Å². The number of rotatable bonds is 5. The Hall–Kier alpha value is -2.22. The minimum atomic E-state index is -0.0818. The number of pyridine rings is 1. The molecule has 0 spiro atoms. The zero-order chi connectivity index (χ0) is 19.5. The number of hydrogen-bond donors (Lipinski definition) is 2. The Bertz CT molecular complexity index is 1070. The van der Waals surface area contributed by atoms with Crippen molar-refractivity contribution in [3.8, 4) is 11.3 Å². The van der Waals surface area contributed by atoms with Crippen molar-refractivity contribution in [2.75, 3.05) is 12.3 Å². The van der Waals surface area contributed by atoms with Gasteiger partial charge in [-0.15, -0.1) is 11.8 Å². The normalized spacial score (nSPS) is 14.0. The number of nitrogens with one attached hydrogen (secondary N) is 2. The maximum Gasteiger partial charge on any atom is 0.256 e. The van der Waals surface area contributed by atoms with E-state index in [1.165, 1.54) is 4.90 Å². The van der Waals surface area contributed by atoms with Crippen LogP contribution in [-0.4, -0.2) is 32.1 Å². The second-order valence-electron chi connectivity index (χ2n) is 6.84. The summed E-state index contributed by atoms with van der Waals surface area (Å²) in [4.78, 5) is 26.1. The van der Waals surface area contributed by atoms with Gasteiger partial charge >= 0.3 is 0 Å². The van der Waals surface area contributed by atoms with Crippen LogP contribution in [0.2, 0.25) is 0 Å². The Labute approximate surface area is 173 Å². The largest absolute Gasteiger partial charge is 0.335 e. The number of aromatic nitrogens is 3. The van der Waals surface area contributed by atoms with Crippen LogP contribution in [0.25, 0.3) is 11.3 Å². The van der Waals surface area contributed by atoms with Crippen molar-refractivity contribution in [1.82, 2.24) is 19.9 Å². The lowest BCUT2D eigenvalue weighted by atomic mass is 10.1. The van der Waals surface area contributed by atoms with Gasteiger partial charge in [-0.1, -0.05) is 25.1 Å². The monoisotopic (exact) mass is 410 g/mol. The highest BCUT2D eigenvalue weighted by molar-refractivity contribution is 7.99. The van der Waals surface area contributed by atoms with E-state index in [2.05, 4.69) is 63.2 Å². The fourth-order valence-corrected chi connectivity index (χ4v) is 4.36. The zero-order valence-corrected chi connectivity index (χ0v) is 17.3. The van der Waals surface area contributed by atoms with E-state index in [9.17, 15) is 4.79 Å². The van der Waals surface area contributed by atoms with E-state index in [0.29, 0.717) is 11.3 Å². The molecule has 1 aromatic carbocycles. The van der Waals surface area contributed by atoms with Crippen LogP contribution in [0.3, 0.4) is 0 Å². The highest BCUT2D eigenvalue weighted by Gasteiger charge is 2.19. The van der Waals surface area contributed by atoms with Crippen molar-refractivity contribution in [3.05, 3.63) is 74.5 Å². The molecular formula is C21H22N4OS2. The molecule has 2 aromatic heterocycles. The molecule has 5 nitrogen and oxygen atoms in total. The number of benzene rings is 1. The highest BCUT2D eigenvalue weighted by atomic mass is 32.2. The highest BCUT2D eigenvalue weighted by Crippen LogP contribution is 2.23. The number of fused-ring (bicyclic) bond motifs is 1. The molecule has 4 rings (SSSR count). The molecule has 0 saturated heterocycles. The fraction of sp³-hybridized carbons (Fsp3) is 0.286. The van der Waals surface area contributed by atoms with E-state index in [-0.39, 0.29) is 5.56 Å².